The number of pyridine rings is 1. The zero-order chi connectivity index (χ0) is 15.6. The van der Waals surface area contributed by atoms with Crippen molar-refractivity contribution in [1.29, 1.82) is 0 Å². The number of carbonyl (C=O) groups excluding carboxylic acids is 1. The number of benzene rings is 1. The molecule has 108 valence electrons. The third-order valence-electron chi connectivity index (χ3n) is 2.47. The van der Waals surface area contributed by atoms with E-state index in [1.54, 1.807) is 0 Å². The fourth-order valence-corrected chi connectivity index (χ4v) is 2.30. The molecule has 0 unspecified atom stereocenters. The highest BCUT2D eigenvalue weighted by Gasteiger charge is 2.22. The van der Waals surface area contributed by atoms with Crippen molar-refractivity contribution in [2.45, 2.75) is 0 Å². The summed E-state index contributed by atoms with van der Waals surface area (Å²) >= 11 is 7.50. The molecule has 0 aliphatic rings. The van der Waals surface area contributed by atoms with E-state index in [4.69, 9.17) is 11.6 Å². The van der Waals surface area contributed by atoms with Crippen LogP contribution in [-0.4, -0.2) is 15.8 Å². The Morgan fingerprint density at radius 3 is 2.76 bits per heavy atom. The summed E-state index contributed by atoms with van der Waals surface area (Å²) in [5.74, 6) is -1.18. The van der Waals surface area contributed by atoms with E-state index in [1.807, 2.05) is 22.6 Å². The number of carbonyl (C=O) groups is 1. The molecule has 0 bridgehead atoms. The SMILES string of the molecule is O=C(Nc1ccc(F)cc1I)c1cc(Cl)ncc1[N+](=O)[O-]. The maximum absolute atomic E-state index is 13.0. The molecule has 1 heterocycles. The van der Waals surface area contributed by atoms with Gasteiger partial charge < -0.3 is 5.32 Å². The number of aromatic nitrogens is 1. The minimum Gasteiger partial charge on any atom is -0.321 e. The molecule has 9 heteroatoms. The summed E-state index contributed by atoms with van der Waals surface area (Å²) in [6.07, 6.45) is 0.910. The number of nitrogens with one attached hydrogen (secondary N) is 1. The Morgan fingerprint density at radius 2 is 2.14 bits per heavy atom. The second kappa shape index (κ2) is 6.31. The van der Waals surface area contributed by atoms with E-state index in [0.717, 1.165) is 12.3 Å². The predicted molar refractivity (Wildman–Crippen MR) is 83.0 cm³/mol. The maximum atomic E-state index is 13.0. The van der Waals surface area contributed by atoms with Crippen LogP contribution in [0.1, 0.15) is 10.4 Å². The zero-order valence-corrected chi connectivity index (χ0v) is 13.1. The van der Waals surface area contributed by atoms with Crippen LogP contribution in [-0.2, 0) is 0 Å². The van der Waals surface area contributed by atoms with Crippen LogP contribution in [0.5, 0.6) is 0 Å². The molecule has 0 saturated carbocycles. The summed E-state index contributed by atoms with van der Waals surface area (Å²) in [6, 6.07) is 4.87. The molecule has 0 aliphatic heterocycles. The van der Waals surface area contributed by atoms with Crippen molar-refractivity contribution >= 4 is 51.5 Å². The molecule has 2 aromatic rings. The van der Waals surface area contributed by atoms with Crippen molar-refractivity contribution in [3.63, 3.8) is 0 Å². The first kappa shape index (κ1) is 15.6. The molecule has 0 fully saturated rings. The summed E-state index contributed by atoms with van der Waals surface area (Å²) in [5, 5.41) is 13.3. The molecule has 2 rings (SSSR count). The molecule has 0 aliphatic carbocycles. The van der Waals surface area contributed by atoms with Crippen molar-refractivity contribution < 1.29 is 14.1 Å². The van der Waals surface area contributed by atoms with Crippen LogP contribution in [0.3, 0.4) is 0 Å². The average Bonchev–Trinajstić information content (AvgIpc) is 2.41. The molecule has 1 aromatic carbocycles. The number of hydrogen-bond acceptors (Lipinski definition) is 4. The second-order valence-electron chi connectivity index (χ2n) is 3.86. The van der Waals surface area contributed by atoms with Gasteiger partial charge in [0.1, 0.15) is 22.7 Å². The number of amides is 1. The number of anilines is 1. The largest absolute Gasteiger partial charge is 0.321 e. The lowest BCUT2D eigenvalue weighted by Crippen LogP contribution is -2.15. The van der Waals surface area contributed by atoms with Gasteiger partial charge in [-0.3, -0.25) is 14.9 Å². The molecular formula is C12H6ClFIN3O3. The minimum absolute atomic E-state index is 0.0421. The lowest BCUT2D eigenvalue weighted by atomic mass is 10.2. The Morgan fingerprint density at radius 1 is 1.43 bits per heavy atom. The Hall–Kier alpha value is -1.81. The first-order valence-corrected chi connectivity index (χ1v) is 6.90. The van der Waals surface area contributed by atoms with Crippen LogP contribution in [0.4, 0.5) is 15.8 Å². The van der Waals surface area contributed by atoms with Crippen molar-refractivity contribution in [1.82, 2.24) is 4.98 Å². The van der Waals surface area contributed by atoms with Gasteiger partial charge in [0.15, 0.2) is 0 Å². The predicted octanol–water partition coefficient (Wildman–Crippen LogP) is 3.64. The Labute approximate surface area is 136 Å². The summed E-state index contributed by atoms with van der Waals surface area (Å²) < 4.78 is 13.5. The number of nitrogens with zero attached hydrogens (tertiary/aromatic N) is 2. The zero-order valence-electron chi connectivity index (χ0n) is 10.1. The van der Waals surface area contributed by atoms with Crippen molar-refractivity contribution in [2.24, 2.45) is 0 Å². The highest BCUT2D eigenvalue weighted by atomic mass is 127. The molecule has 1 N–H and O–H groups in total. The standard InChI is InChI=1S/C12H6ClFIN3O3/c13-11-4-7(10(5-16-11)18(20)21)12(19)17-9-2-1-6(14)3-8(9)15/h1-5H,(H,17,19). The van der Waals surface area contributed by atoms with Gasteiger partial charge >= 0.3 is 0 Å². The number of halogens is 3. The van der Waals surface area contributed by atoms with Crippen LogP contribution in [0, 0.1) is 19.5 Å². The smallest absolute Gasteiger partial charge is 0.300 e. The van der Waals surface area contributed by atoms with Crippen molar-refractivity contribution in [3.8, 4) is 0 Å². The molecular weight excluding hydrogens is 416 g/mol. The van der Waals surface area contributed by atoms with Crippen molar-refractivity contribution in [3.05, 3.63) is 60.7 Å². The van der Waals surface area contributed by atoms with Crippen LogP contribution in [0.25, 0.3) is 0 Å². The van der Waals surface area contributed by atoms with E-state index in [2.05, 4.69) is 10.3 Å². The van der Waals surface area contributed by atoms with Crippen LogP contribution in [0.2, 0.25) is 5.15 Å². The van der Waals surface area contributed by atoms with E-state index in [1.165, 1.54) is 18.2 Å². The Kier molecular flexibility index (Phi) is 4.68. The van der Waals surface area contributed by atoms with Crippen LogP contribution in [0.15, 0.2) is 30.5 Å². The van der Waals surface area contributed by atoms with Gasteiger partial charge in [-0.2, -0.15) is 0 Å². The number of nitro groups is 1. The molecule has 0 spiro atoms. The lowest BCUT2D eigenvalue weighted by molar-refractivity contribution is -0.385. The van der Waals surface area contributed by atoms with Crippen LogP contribution >= 0.6 is 34.2 Å². The van der Waals surface area contributed by atoms with Crippen molar-refractivity contribution in [2.75, 3.05) is 5.32 Å². The lowest BCUT2D eigenvalue weighted by Gasteiger charge is -2.08. The summed E-state index contributed by atoms with van der Waals surface area (Å²) in [4.78, 5) is 25.9. The molecule has 21 heavy (non-hydrogen) atoms. The van der Waals surface area contributed by atoms with E-state index >= 15 is 0 Å². The van der Waals surface area contributed by atoms with Gasteiger partial charge in [-0.15, -0.1) is 0 Å². The maximum Gasteiger partial charge on any atom is 0.300 e. The minimum atomic E-state index is -0.728. The van der Waals surface area contributed by atoms with E-state index < -0.39 is 22.3 Å². The van der Waals surface area contributed by atoms with E-state index in [9.17, 15) is 19.3 Å². The molecule has 0 atom stereocenters. The first-order chi connectivity index (χ1) is 9.88. The summed E-state index contributed by atoms with van der Waals surface area (Å²) in [6.45, 7) is 0. The molecule has 1 amide bonds. The average molecular weight is 422 g/mol. The number of rotatable bonds is 3. The molecule has 0 saturated heterocycles. The third kappa shape index (κ3) is 3.64. The molecule has 0 radical (unpaired) electrons. The summed E-state index contributed by atoms with van der Waals surface area (Å²) in [7, 11) is 0. The van der Waals surface area contributed by atoms with Gasteiger partial charge in [-0.1, -0.05) is 11.6 Å². The fourth-order valence-electron chi connectivity index (χ4n) is 1.53. The van der Waals surface area contributed by atoms with Gasteiger partial charge in [0.2, 0.25) is 0 Å². The topological polar surface area (TPSA) is 85.1 Å². The van der Waals surface area contributed by atoms with Gasteiger partial charge in [0, 0.05) is 3.57 Å². The fraction of sp³-hybridized carbons (Fsp3) is 0. The Bertz CT molecular complexity index is 742. The first-order valence-electron chi connectivity index (χ1n) is 5.45. The summed E-state index contributed by atoms with van der Waals surface area (Å²) in [5.41, 5.74) is -0.349. The Balaban J connectivity index is 2.36. The van der Waals surface area contributed by atoms with E-state index in [-0.39, 0.29) is 10.7 Å². The van der Waals surface area contributed by atoms with Crippen LogP contribution < -0.4 is 5.32 Å². The van der Waals surface area contributed by atoms with Gasteiger partial charge in [-0.05, 0) is 46.9 Å². The molecule has 6 nitrogen and oxygen atoms in total. The highest BCUT2D eigenvalue weighted by Crippen LogP contribution is 2.24. The molecule has 1 aromatic heterocycles. The van der Waals surface area contributed by atoms with Gasteiger partial charge in [0.05, 0.1) is 10.6 Å². The van der Waals surface area contributed by atoms with Gasteiger partial charge in [0.25, 0.3) is 11.6 Å². The second-order valence-corrected chi connectivity index (χ2v) is 5.41. The highest BCUT2D eigenvalue weighted by molar-refractivity contribution is 14.1. The van der Waals surface area contributed by atoms with E-state index in [0.29, 0.717) is 9.26 Å². The monoisotopic (exact) mass is 421 g/mol. The number of hydrogen-bond donors (Lipinski definition) is 1. The normalized spacial score (nSPS) is 10.2. The third-order valence-corrected chi connectivity index (χ3v) is 3.57. The quantitative estimate of drug-likeness (QED) is 0.355. The van der Waals surface area contributed by atoms with Gasteiger partial charge in [-0.25, -0.2) is 9.37 Å².